The molecule has 11 heteroatoms. The molecular weight excluding hydrogens is 601 g/mol. The highest BCUT2D eigenvalue weighted by Gasteiger charge is 2.36. The highest BCUT2D eigenvalue weighted by molar-refractivity contribution is 6.35. The lowest BCUT2D eigenvalue weighted by atomic mass is 9.97. The number of fused-ring (bicyclic) bond motifs is 1. The summed E-state index contributed by atoms with van der Waals surface area (Å²) in [6.45, 7) is 7.58. The van der Waals surface area contributed by atoms with E-state index in [4.69, 9.17) is 37.8 Å². The van der Waals surface area contributed by atoms with Gasteiger partial charge in [0.25, 0.3) is 5.91 Å². The lowest BCUT2D eigenvalue weighted by Crippen LogP contribution is -2.40. The van der Waals surface area contributed by atoms with E-state index in [1.165, 1.54) is 0 Å². The molecule has 0 bridgehead atoms. The molecule has 5 rings (SSSR count). The van der Waals surface area contributed by atoms with E-state index in [1.807, 2.05) is 76.2 Å². The number of pyridine rings is 1. The van der Waals surface area contributed by atoms with Crippen LogP contribution in [-0.4, -0.2) is 50.9 Å². The molecule has 1 aliphatic heterocycles. The van der Waals surface area contributed by atoms with Gasteiger partial charge in [-0.1, -0.05) is 41.4 Å². The third-order valence-electron chi connectivity index (χ3n) is 6.94. The second kappa shape index (κ2) is 12.7. The number of hydrogen-bond donors (Lipinski definition) is 1. The molecule has 228 valence electrons. The van der Waals surface area contributed by atoms with Gasteiger partial charge in [-0.3, -0.25) is 14.7 Å². The van der Waals surface area contributed by atoms with Gasteiger partial charge in [-0.25, -0.2) is 9.48 Å². The second-order valence-electron chi connectivity index (χ2n) is 11.4. The number of aromatic nitrogens is 3. The van der Waals surface area contributed by atoms with Crippen LogP contribution in [0.15, 0.2) is 66.9 Å². The molecule has 0 unspecified atom stereocenters. The fourth-order valence-corrected chi connectivity index (χ4v) is 5.40. The van der Waals surface area contributed by atoms with Crippen molar-refractivity contribution in [1.82, 2.24) is 25.0 Å². The van der Waals surface area contributed by atoms with Crippen molar-refractivity contribution >= 4 is 46.9 Å². The number of methoxy groups -OCH3 is 1. The molecule has 0 radical (unpaired) electrons. The van der Waals surface area contributed by atoms with Gasteiger partial charge in [-0.2, -0.15) is 5.10 Å². The van der Waals surface area contributed by atoms with E-state index in [1.54, 1.807) is 41.1 Å². The van der Waals surface area contributed by atoms with E-state index in [2.05, 4.69) is 10.3 Å². The number of rotatable bonds is 6. The van der Waals surface area contributed by atoms with Crippen molar-refractivity contribution in [3.05, 3.63) is 105 Å². The summed E-state index contributed by atoms with van der Waals surface area (Å²) in [5.41, 5.74) is 3.49. The summed E-state index contributed by atoms with van der Waals surface area (Å²) >= 11 is 12.9. The quantitative estimate of drug-likeness (QED) is 0.238. The van der Waals surface area contributed by atoms with E-state index in [9.17, 15) is 9.59 Å². The minimum absolute atomic E-state index is 0.0934. The molecule has 1 aliphatic rings. The third kappa shape index (κ3) is 6.90. The summed E-state index contributed by atoms with van der Waals surface area (Å²) in [6, 6.07) is 17.7. The van der Waals surface area contributed by atoms with Gasteiger partial charge < -0.3 is 14.8 Å². The number of carbonyl (C=O) groups excluding carboxylic acids is 2. The van der Waals surface area contributed by atoms with Crippen LogP contribution in [0.3, 0.4) is 0 Å². The number of benzene rings is 2. The van der Waals surface area contributed by atoms with Gasteiger partial charge in [0.1, 0.15) is 11.4 Å². The topological polar surface area (TPSA) is 98.6 Å². The lowest BCUT2D eigenvalue weighted by molar-refractivity contribution is 0.0254. The third-order valence-corrected chi connectivity index (χ3v) is 7.48. The summed E-state index contributed by atoms with van der Waals surface area (Å²) < 4.78 is 12.7. The Hall–Kier alpha value is -4.34. The highest BCUT2D eigenvalue weighted by Crippen LogP contribution is 2.36. The molecule has 2 aromatic heterocycles. The van der Waals surface area contributed by atoms with Crippen molar-refractivity contribution < 1.29 is 19.1 Å². The van der Waals surface area contributed by atoms with Crippen LogP contribution in [0.1, 0.15) is 66.7 Å². The molecule has 2 aromatic carbocycles. The van der Waals surface area contributed by atoms with Crippen molar-refractivity contribution in [3.63, 3.8) is 0 Å². The van der Waals surface area contributed by atoms with E-state index >= 15 is 0 Å². The average Bonchev–Trinajstić information content (AvgIpc) is 3.37. The van der Waals surface area contributed by atoms with Crippen LogP contribution in [0.2, 0.25) is 10.0 Å². The van der Waals surface area contributed by atoms with Gasteiger partial charge in [-0.05, 0) is 87.4 Å². The van der Waals surface area contributed by atoms with Crippen molar-refractivity contribution in [2.75, 3.05) is 13.7 Å². The fourth-order valence-electron chi connectivity index (χ4n) is 4.91. The van der Waals surface area contributed by atoms with Gasteiger partial charge in [0.2, 0.25) is 0 Å². The number of hydrogen-bond acceptors (Lipinski definition) is 6. The van der Waals surface area contributed by atoms with Crippen LogP contribution >= 0.6 is 23.2 Å². The van der Waals surface area contributed by atoms with E-state index in [0.717, 1.165) is 11.1 Å². The summed E-state index contributed by atoms with van der Waals surface area (Å²) in [7, 11) is 1.61. The van der Waals surface area contributed by atoms with Crippen LogP contribution < -0.4 is 10.1 Å². The first-order valence-corrected chi connectivity index (χ1v) is 14.8. The van der Waals surface area contributed by atoms with Crippen LogP contribution in [0.4, 0.5) is 4.79 Å². The maximum absolute atomic E-state index is 13.9. The van der Waals surface area contributed by atoms with Gasteiger partial charge in [-0.15, -0.1) is 0 Å². The normalized spacial score (nSPS) is 14.6. The van der Waals surface area contributed by atoms with Gasteiger partial charge >= 0.3 is 6.09 Å². The SMILES string of the molecule is COc1ccc(/C=C2\CN(C(=O)OC(C)(C)C)Cc3c(C(=O)N[C@H](C)c4ccccn4)nn(-c4ccc(Cl)cc4Cl)c32)cc1. The smallest absolute Gasteiger partial charge is 0.410 e. The number of carbonyl (C=O) groups is 2. The number of nitrogens with zero attached hydrogens (tertiary/aromatic N) is 4. The van der Waals surface area contributed by atoms with Crippen LogP contribution in [0.25, 0.3) is 17.3 Å². The summed E-state index contributed by atoms with van der Waals surface area (Å²) in [5.74, 6) is 0.295. The maximum Gasteiger partial charge on any atom is 0.410 e. The number of amides is 2. The Balaban J connectivity index is 1.67. The molecule has 44 heavy (non-hydrogen) atoms. The van der Waals surface area contributed by atoms with Gasteiger partial charge in [0, 0.05) is 16.8 Å². The van der Waals surface area contributed by atoms with Crippen molar-refractivity contribution in [3.8, 4) is 11.4 Å². The first kappa shape index (κ1) is 31.1. The van der Waals surface area contributed by atoms with E-state index < -0.39 is 23.6 Å². The monoisotopic (exact) mass is 633 g/mol. The first-order valence-electron chi connectivity index (χ1n) is 14.1. The summed E-state index contributed by atoms with van der Waals surface area (Å²) in [6.07, 6.45) is 3.12. The first-order chi connectivity index (χ1) is 20.9. The molecular formula is C33H33Cl2N5O4. The molecule has 0 aliphatic carbocycles. The zero-order chi connectivity index (χ0) is 31.6. The molecule has 3 heterocycles. The molecule has 0 saturated heterocycles. The highest BCUT2D eigenvalue weighted by atomic mass is 35.5. The van der Waals surface area contributed by atoms with Gasteiger partial charge in [0.05, 0.1) is 48.3 Å². The van der Waals surface area contributed by atoms with Crippen molar-refractivity contribution in [2.24, 2.45) is 0 Å². The Morgan fingerprint density at radius 1 is 1.05 bits per heavy atom. The zero-order valence-corrected chi connectivity index (χ0v) is 26.6. The van der Waals surface area contributed by atoms with E-state index in [0.29, 0.717) is 38.4 Å². The standard InChI is InChI=1S/C33H33Cl2N5O4/c1-20(27-8-6-7-15-36-27)37-31(41)29-25-19-39(32(42)44-33(2,3)4)18-22(16-21-9-12-24(43-5)13-10-21)30(25)40(38-29)28-14-11-23(34)17-26(28)35/h6-17,20H,18-19H2,1-5H3,(H,37,41)/b22-16+/t20-/m1/s1. The lowest BCUT2D eigenvalue weighted by Gasteiger charge is -2.32. The average molecular weight is 635 g/mol. The Labute approximate surface area is 266 Å². The predicted octanol–water partition coefficient (Wildman–Crippen LogP) is 7.37. The molecule has 2 amide bonds. The number of nitrogens with one attached hydrogen (secondary N) is 1. The van der Waals surface area contributed by atoms with Crippen LogP contribution in [-0.2, 0) is 11.3 Å². The Bertz CT molecular complexity index is 1710. The molecule has 1 N–H and O–H groups in total. The minimum Gasteiger partial charge on any atom is -0.497 e. The molecule has 1 atom stereocenters. The Kier molecular flexibility index (Phi) is 8.99. The van der Waals surface area contributed by atoms with Crippen molar-refractivity contribution in [1.29, 1.82) is 0 Å². The van der Waals surface area contributed by atoms with Crippen LogP contribution in [0, 0.1) is 0 Å². The van der Waals surface area contributed by atoms with Gasteiger partial charge in [0.15, 0.2) is 5.69 Å². The molecule has 0 saturated carbocycles. The molecule has 0 spiro atoms. The van der Waals surface area contributed by atoms with Crippen LogP contribution in [0.5, 0.6) is 5.75 Å². The largest absolute Gasteiger partial charge is 0.497 e. The fraction of sp³-hybridized carbons (Fsp3) is 0.273. The van der Waals surface area contributed by atoms with Crippen molar-refractivity contribution in [2.45, 2.75) is 45.9 Å². The summed E-state index contributed by atoms with van der Waals surface area (Å²) in [5, 5.41) is 8.64. The number of halogens is 2. The molecule has 9 nitrogen and oxygen atoms in total. The Morgan fingerprint density at radius 3 is 2.43 bits per heavy atom. The minimum atomic E-state index is -0.712. The maximum atomic E-state index is 13.9. The predicted molar refractivity (Wildman–Crippen MR) is 171 cm³/mol. The molecule has 4 aromatic rings. The summed E-state index contributed by atoms with van der Waals surface area (Å²) in [4.78, 5) is 33.2. The zero-order valence-electron chi connectivity index (χ0n) is 25.1. The Morgan fingerprint density at radius 2 is 1.80 bits per heavy atom. The second-order valence-corrected chi connectivity index (χ2v) is 12.3. The number of ether oxygens (including phenoxy) is 2. The van der Waals surface area contributed by atoms with E-state index in [-0.39, 0.29) is 18.8 Å². The molecule has 0 fully saturated rings.